The van der Waals surface area contributed by atoms with E-state index in [1.165, 1.54) is 18.2 Å². The van der Waals surface area contributed by atoms with Gasteiger partial charge < -0.3 is 24.6 Å². The van der Waals surface area contributed by atoms with Crippen LogP contribution in [0.4, 0.5) is 14.5 Å². The molecule has 1 N–H and O–H groups in total. The van der Waals surface area contributed by atoms with E-state index in [1.807, 2.05) is 31.7 Å². The smallest absolute Gasteiger partial charge is 0.387 e. The summed E-state index contributed by atoms with van der Waals surface area (Å²) in [5, 5.41) is 7.57. The Morgan fingerprint density at radius 1 is 1.12 bits per heavy atom. The number of likely N-dealkylation sites (tertiary alicyclic amines) is 2. The van der Waals surface area contributed by atoms with Crippen LogP contribution in [-0.2, 0) is 19.9 Å². The summed E-state index contributed by atoms with van der Waals surface area (Å²) in [6.45, 7) is 5.50. The molecule has 2 saturated heterocycles. The number of hydrogen-bond donors (Lipinski definition) is 1. The Labute approximate surface area is 244 Å². The number of ether oxygens (including phenoxy) is 1. The van der Waals surface area contributed by atoms with Crippen molar-refractivity contribution in [2.75, 3.05) is 38.0 Å². The molecule has 12 heteroatoms. The number of alkyl halides is 2. The van der Waals surface area contributed by atoms with Gasteiger partial charge in [0.15, 0.2) is 5.75 Å². The van der Waals surface area contributed by atoms with Gasteiger partial charge in [0.1, 0.15) is 11.8 Å². The number of rotatable bonds is 10. The van der Waals surface area contributed by atoms with Gasteiger partial charge in [0, 0.05) is 67.5 Å². The normalized spacial score (nSPS) is 18.9. The monoisotopic (exact) mass is 593 g/mol. The summed E-state index contributed by atoms with van der Waals surface area (Å²) >= 11 is 6.00. The molecule has 4 rings (SSSR count). The Morgan fingerprint density at radius 3 is 2.39 bits per heavy atom. The summed E-state index contributed by atoms with van der Waals surface area (Å²) in [6, 6.07) is 6.06. The van der Waals surface area contributed by atoms with E-state index in [9.17, 15) is 23.2 Å². The van der Waals surface area contributed by atoms with Gasteiger partial charge in [0.2, 0.25) is 5.91 Å². The highest BCUT2D eigenvalue weighted by molar-refractivity contribution is 6.30. The number of nitrogens with one attached hydrogen (secondary N) is 1. The lowest BCUT2D eigenvalue weighted by molar-refractivity contribution is -0.136. The average Bonchev–Trinajstić information content (AvgIpc) is 3.46. The van der Waals surface area contributed by atoms with Crippen LogP contribution in [0.15, 0.2) is 30.5 Å². The van der Waals surface area contributed by atoms with E-state index in [0.29, 0.717) is 64.8 Å². The fraction of sp³-hybridized carbons (Fsp3) is 0.586. The lowest BCUT2D eigenvalue weighted by Gasteiger charge is -2.45. The summed E-state index contributed by atoms with van der Waals surface area (Å²) < 4.78 is 32.6. The lowest BCUT2D eigenvalue weighted by atomic mass is 9.78. The Bertz CT molecular complexity index is 1240. The van der Waals surface area contributed by atoms with E-state index < -0.39 is 17.6 Å². The number of hydrogen-bond acceptors (Lipinski definition) is 6. The minimum absolute atomic E-state index is 0.0859. The van der Waals surface area contributed by atoms with E-state index in [0.717, 1.165) is 12.0 Å². The lowest BCUT2D eigenvalue weighted by Crippen LogP contribution is -2.56. The van der Waals surface area contributed by atoms with Gasteiger partial charge in [-0.1, -0.05) is 32.4 Å². The zero-order chi connectivity index (χ0) is 29.8. The first-order valence-corrected chi connectivity index (χ1v) is 14.5. The molecule has 0 spiro atoms. The first-order chi connectivity index (χ1) is 19.5. The van der Waals surface area contributed by atoms with Crippen molar-refractivity contribution in [2.45, 2.75) is 70.9 Å². The maximum atomic E-state index is 14.1. The van der Waals surface area contributed by atoms with Crippen LogP contribution in [0.2, 0.25) is 5.02 Å². The number of carbonyl (C=O) groups excluding carboxylic acids is 3. The molecule has 0 radical (unpaired) electrons. The standard InChI is InChI=1S/C29H38ClF2N5O4/c1-4-25(39)36-15-8-28(19-38,9-16-36)18-35-13-10-29(11-14-35,37-23(20(2)3)7-12-33-37)26(40)34-22-6-5-21(30)17-24(22)41-27(31)32/h5-7,12,17,19-20,27H,4,8-11,13-16,18H2,1-3H3,(H,34,40). The molecule has 2 aromatic rings. The molecular formula is C29H38ClF2N5O4. The highest BCUT2D eigenvalue weighted by Gasteiger charge is 2.47. The van der Waals surface area contributed by atoms with Crippen molar-refractivity contribution in [3.8, 4) is 5.75 Å². The number of aromatic nitrogens is 2. The number of nitrogens with zero attached hydrogens (tertiary/aromatic N) is 4. The fourth-order valence-corrected chi connectivity index (χ4v) is 6.10. The van der Waals surface area contributed by atoms with Gasteiger partial charge in [-0.05, 0) is 49.8 Å². The van der Waals surface area contributed by atoms with Gasteiger partial charge in [-0.2, -0.15) is 13.9 Å². The third-order valence-corrected chi connectivity index (χ3v) is 8.62. The SMILES string of the molecule is CCC(=O)N1CCC(C=O)(CN2CCC(C(=O)Nc3ccc(Cl)cc3OC(F)F)(n3nccc3C(C)C)CC2)CC1. The third-order valence-electron chi connectivity index (χ3n) is 8.39. The molecule has 0 atom stereocenters. The molecule has 41 heavy (non-hydrogen) atoms. The van der Waals surface area contributed by atoms with Crippen molar-refractivity contribution in [1.82, 2.24) is 19.6 Å². The molecule has 1 aromatic heterocycles. The summed E-state index contributed by atoms with van der Waals surface area (Å²) in [4.78, 5) is 42.5. The van der Waals surface area contributed by atoms with Gasteiger partial charge in [-0.25, -0.2) is 0 Å². The number of amides is 2. The van der Waals surface area contributed by atoms with Crippen molar-refractivity contribution >= 4 is 35.4 Å². The van der Waals surface area contributed by atoms with Crippen LogP contribution in [0.1, 0.15) is 64.5 Å². The number of carbonyl (C=O) groups is 3. The maximum absolute atomic E-state index is 14.1. The molecule has 9 nitrogen and oxygen atoms in total. The third kappa shape index (κ3) is 6.72. The molecule has 3 heterocycles. The highest BCUT2D eigenvalue weighted by atomic mass is 35.5. The maximum Gasteiger partial charge on any atom is 0.387 e. The van der Waals surface area contributed by atoms with Crippen molar-refractivity contribution in [3.05, 3.63) is 41.2 Å². The van der Waals surface area contributed by atoms with Crippen LogP contribution in [0.25, 0.3) is 0 Å². The molecule has 2 amide bonds. The van der Waals surface area contributed by atoms with Gasteiger partial charge in [-0.3, -0.25) is 14.3 Å². The Hall–Kier alpha value is -3.05. The molecule has 0 bridgehead atoms. The number of piperidine rings is 2. The van der Waals surface area contributed by atoms with E-state index in [-0.39, 0.29) is 34.2 Å². The molecule has 2 aliphatic rings. The summed E-state index contributed by atoms with van der Waals surface area (Å²) in [5.74, 6) is -0.427. The van der Waals surface area contributed by atoms with Gasteiger partial charge in [0.05, 0.1) is 5.69 Å². The van der Waals surface area contributed by atoms with Crippen LogP contribution < -0.4 is 10.1 Å². The molecule has 0 saturated carbocycles. The number of benzene rings is 1. The highest BCUT2D eigenvalue weighted by Crippen LogP contribution is 2.38. The first kappa shape index (κ1) is 30.9. The Morgan fingerprint density at radius 2 is 1.80 bits per heavy atom. The van der Waals surface area contributed by atoms with Crippen LogP contribution in [-0.4, -0.2) is 77.0 Å². The Balaban J connectivity index is 1.56. The number of anilines is 1. The fourth-order valence-electron chi connectivity index (χ4n) is 5.94. The molecule has 2 aliphatic heterocycles. The summed E-state index contributed by atoms with van der Waals surface area (Å²) in [6.07, 6.45) is 5.14. The van der Waals surface area contributed by atoms with E-state index in [1.54, 1.807) is 10.9 Å². The minimum Gasteiger partial charge on any atom is -0.433 e. The Kier molecular flexibility index (Phi) is 9.69. The van der Waals surface area contributed by atoms with Crippen molar-refractivity contribution in [2.24, 2.45) is 5.41 Å². The second-order valence-corrected chi connectivity index (χ2v) is 11.8. The quantitative estimate of drug-likeness (QED) is 0.393. The molecule has 1 aromatic carbocycles. The predicted molar refractivity (Wildman–Crippen MR) is 151 cm³/mol. The number of halogens is 3. The summed E-state index contributed by atoms with van der Waals surface area (Å²) in [5.41, 5.74) is -0.668. The second kappa shape index (κ2) is 12.9. The predicted octanol–water partition coefficient (Wildman–Crippen LogP) is 4.91. The number of aldehydes is 1. The van der Waals surface area contributed by atoms with Crippen molar-refractivity contribution < 1.29 is 27.9 Å². The van der Waals surface area contributed by atoms with Crippen molar-refractivity contribution in [1.29, 1.82) is 0 Å². The largest absolute Gasteiger partial charge is 0.433 e. The average molecular weight is 594 g/mol. The van der Waals surface area contributed by atoms with Gasteiger partial charge >= 0.3 is 6.61 Å². The molecule has 224 valence electrons. The van der Waals surface area contributed by atoms with Gasteiger partial charge in [-0.15, -0.1) is 0 Å². The molecule has 2 fully saturated rings. The zero-order valence-corrected chi connectivity index (χ0v) is 24.5. The topological polar surface area (TPSA) is 96.8 Å². The second-order valence-electron chi connectivity index (χ2n) is 11.3. The minimum atomic E-state index is -3.09. The first-order valence-electron chi connectivity index (χ1n) is 14.1. The summed E-state index contributed by atoms with van der Waals surface area (Å²) in [7, 11) is 0. The van der Waals surface area contributed by atoms with E-state index >= 15 is 0 Å². The molecule has 0 aliphatic carbocycles. The van der Waals surface area contributed by atoms with Crippen molar-refractivity contribution in [3.63, 3.8) is 0 Å². The van der Waals surface area contributed by atoms with Crippen LogP contribution in [0.5, 0.6) is 5.75 Å². The van der Waals surface area contributed by atoms with Gasteiger partial charge in [0.25, 0.3) is 5.91 Å². The zero-order valence-electron chi connectivity index (χ0n) is 23.7. The van der Waals surface area contributed by atoms with E-state index in [2.05, 4.69) is 20.1 Å². The molecular weight excluding hydrogens is 556 g/mol. The molecule has 0 unspecified atom stereocenters. The van der Waals surface area contributed by atoms with Crippen LogP contribution in [0, 0.1) is 5.41 Å². The van der Waals surface area contributed by atoms with E-state index in [4.69, 9.17) is 11.6 Å². The van der Waals surface area contributed by atoms with Crippen LogP contribution >= 0.6 is 11.6 Å². The van der Waals surface area contributed by atoms with Crippen LogP contribution in [0.3, 0.4) is 0 Å².